The molecular weight excluding hydrogens is 1260 g/mol. The molecule has 0 bridgehead atoms. The molecule has 3 N–H and O–H groups in total. The standard InChI is InChI=1S/C77H150O17P2/c1-8-9-10-11-12-37-44-51-58-74(79)87-64-72(93-77(82)61-54-47-40-33-27-21-24-30-36-43-50-57-70(6)7)66-91-95(83,84)89-62-71(78)63-90-96(85,86)92-67-73(65-88-75(80)59-52-45-38-31-25-20-19-23-29-35-42-49-56-69(4)5)94-76(81)60-53-46-39-32-26-18-16-14-13-15-17-22-28-34-41-48-55-68(2)3/h68-73,78H,8-67H2,1-7H3,(H,83,84)(H,85,86)/t71-,72+,73+/m0/s1. The van der Waals surface area contributed by atoms with Crippen molar-refractivity contribution in [1.29, 1.82) is 0 Å². The van der Waals surface area contributed by atoms with Gasteiger partial charge < -0.3 is 33.8 Å². The number of aliphatic hydroxyl groups excluding tert-OH is 1. The molecule has 0 aromatic heterocycles. The van der Waals surface area contributed by atoms with E-state index >= 15 is 0 Å². The number of phosphoric ester groups is 2. The van der Waals surface area contributed by atoms with Gasteiger partial charge in [-0.15, -0.1) is 0 Å². The number of esters is 4. The number of hydrogen-bond acceptors (Lipinski definition) is 15. The second-order valence-electron chi connectivity index (χ2n) is 29.2. The number of ether oxygens (including phenoxy) is 4. The minimum atomic E-state index is -4.96. The van der Waals surface area contributed by atoms with E-state index in [4.69, 9.17) is 37.0 Å². The Morgan fingerprint density at radius 3 is 0.708 bits per heavy atom. The largest absolute Gasteiger partial charge is 0.472 e. The van der Waals surface area contributed by atoms with Gasteiger partial charge in [-0.3, -0.25) is 37.3 Å². The third kappa shape index (κ3) is 70.5. The molecule has 0 radical (unpaired) electrons. The summed E-state index contributed by atoms with van der Waals surface area (Å²) in [6.45, 7) is 11.9. The number of aliphatic hydroxyl groups is 1. The van der Waals surface area contributed by atoms with Gasteiger partial charge in [-0.2, -0.15) is 0 Å². The SMILES string of the molecule is CCCCCCCCCCC(=O)OC[C@H](COP(=O)(O)OC[C@H](O)COP(=O)(O)OC[C@@H](COC(=O)CCCCCCCCCCCCCCC(C)C)OC(=O)CCCCCCCCCCCCCCCCCCC(C)C)OC(=O)CCCCCCCCCCCCCC(C)C. The van der Waals surface area contributed by atoms with Crippen molar-refractivity contribution in [2.45, 2.75) is 414 Å². The molecule has 0 heterocycles. The third-order valence-electron chi connectivity index (χ3n) is 17.9. The van der Waals surface area contributed by atoms with E-state index in [1.165, 1.54) is 199 Å². The Morgan fingerprint density at radius 2 is 0.479 bits per heavy atom. The van der Waals surface area contributed by atoms with Crippen molar-refractivity contribution < 1.29 is 80.2 Å². The van der Waals surface area contributed by atoms with Gasteiger partial charge in [-0.25, -0.2) is 9.13 Å². The lowest BCUT2D eigenvalue weighted by atomic mass is 10.0. The van der Waals surface area contributed by atoms with E-state index in [1.54, 1.807) is 0 Å². The highest BCUT2D eigenvalue weighted by Gasteiger charge is 2.30. The maximum atomic E-state index is 13.1. The van der Waals surface area contributed by atoms with E-state index in [2.05, 4.69) is 48.5 Å². The van der Waals surface area contributed by atoms with Crippen LogP contribution in [0.1, 0.15) is 395 Å². The first-order valence-corrected chi connectivity index (χ1v) is 42.8. The van der Waals surface area contributed by atoms with E-state index < -0.39 is 97.5 Å². The lowest BCUT2D eigenvalue weighted by Crippen LogP contribution is -2.30. The molecule has 0 amide bonds. The Hall–Kier alpha value is -1.94. The van der Waals surface area contributed by atoms with Gasteiger partial charge in [0.25, 0.3) is 0 Å². The fourth-order valence-electron chi connectivity index (χ4n) is 11.8. The summed E-state index contributed by atoms with van der Waals surface area (Å²) < 4.78 is 68.5. The molecule has 17 nitrogen and oxygen atoms in total. The van der Waals surface area contributed by atoms with E-state index in [-0.39, 0.29) is 25.7 Å². The molecule has 570 valence electrons. The number of hydrogen-bond donors (Lipinski definition) is 3. The molecule has 0 spiro atoms. The minimum Gasteiger partial charge on any atom is -0.462 e. The lowest BCUT2D eigenvalue weighted by Gasteiger charge is -2.21. The summed E-state index contributed by atoms with van der Waals surface area (Å²) in [5.41, 5.74) is 0. The first-order chi connectivity index (χ1) is 46.2. The van der Waals surface area contributed by atoms with E-state index in [9.17, 15) is 43.2 Å². The molecule has 96 heavy (non-hydrogen) atoms. The van der Waals surface area contributed by atoms with Crippen LogP contribution in [0.4, 0.5) is 0 Å². The Kier molecular flexibility index (Phi) is 66.2. The number of rotatable bonds is 75. The summed E-state index contributed by atoms with van der Waals surface area (Å²) in [5, 5.41) is 10.6. The van der Waals surface area contributed by atoms with Crippen molar-refractivity contribution in [3.63, 3.8) is 0 Å². The monoisotopic (exact) mass is 1410 g/mol. The number of carbonyl (C=O) groups is 4. The van der Waals surface area contributed by atoms with Crippen LogP contribution in [0.3, 0.4) is 0 Å². The highest BCUT2D eigenvalue weighted by atomic mass is 31.2. The van der Waals surface area contributed by atoms with E-state index in [0.29, 0.717) is 25.7 Å². The smallest absolute Gasteiger partial charge is 0.462 e. The van der Waals surface area contributed by atoms with Crippen LogP contribution >= 0.6 is 15.6 Å². The molecule has 0 saturated carbocycles. The van der Waals surface area contributed by atoms with Crippen LogP contribution in [0.25, 0.3) is 0 Å². The van der Waals surface area contributed by atoms with Crippen molar-refractivity contribution in [3.8, 4) is 0 Å². The van der Waals surface area contributed by atoms with Gasteiger partial charge in [-0.05, 0) is 43.4 Å². The molecule has 0 fully saturated rings. The lowest BCUT2D eigenvalue weighted by molar-refractivity contribution is -0.161. The fourth-order valence-corrected chi connectivity index (χ4v) is 13.4. The summed E-state index contributed by atoms with van der Waals surface area (Å²) in [6, 6.07) is 0. The zero-order chi connectivity index (χ0) is 70.9. The second kappa shape index (κ2) is 67.5. The molecular formula is C77H150O17P2. The summed E-state index contributed by atoms with van der Waals surface area (Å²) in [4.78, 5) is 72.8. The van der Waals surface area contributed by atoms with Crippen LogP contribution in [0, 0.1) is 17.8 Å². The van der Waals surface area contributed by atoms with E-state index in [1.807, 2.05) is 0 Å². The molecule has 0 aliphatic carbocycles. The van der Waals surface area contributed by atoms with Gasteiger partial charge in [0.1, 0.15) is 19.3 Å². The maximum Gasteiger partial charge on any atom is 0.472 e. The Morgan fingerprint density at radius 1 is 0.281 bits per heavy atom. The van der Waals surface area contributed by atoms with Crippen molar-refractivity contribution in [3.05, 3.63) is 0 Å². The number of carbonyl (C=O) groups excluding carboxylic acids is 4. The first kappa shape index (κ1) is 94.1. The normalized spacial score (nSPS) is 14.1. The van der Waals surface area contributed by atoms with Crippen LogP contribution in [0.15, 0.2) is 0 Å². The number of unbranched alkanes of at least 4 members (excludes halogenated alkanes) is 43. The number of phosphoric acid groups is 2. The van der Waals surface area contributed by atoms with Gasteiger partial charge in [0, 0.05) is 25.7 Å². The molecule has 0 aliphatic heterocycles. The van der Waals surface area contributed by atoms with Crippen molar-refractivity contribution in [2.24, 2.45) is 17.8 Å². The van der Waals surface area contributed by atoms with Crippen LogP contribution in [0.5, 0.6) is 0 Å². The fraction of sp³-hybridized carbons (Fsp3) is 0.948. The quantitative estimate of drug-likeness (QED) is 0.0222. The average molecular weight is 1410 g/mol. The Bertz CT molecular complexity index is 1870. The van der Waals surface area contributed by atoms with Crippen molar-refractivity contribution in [1.82, 2.24) is 0 Å². The molecule has 0 aromatic rings. The minimum absolute atomic E-state index is 0.106. The van der Waals surface area contributed by atoms with Crippen LogP contribution in [-0.4, -0.2) is 96.7 Å². The van der Waals surface area contributed by atoms with Gasteiger partial charge in [-0.1, -0.05) is 344 Å². The van der Waals surface area contributed by atoms with E-state index in [0.717, 1.165) is 114 Å². The molecule has 19 heteroatoms. The average Bonchev–Trinajstić information content (AvgIpc) is 1.16. The van der Waals surface area contributed by atoms with Crippen LogP contribution in [0.2, 0.25) is 0 Å². The molecule has 0 aromatic carbocycles. The highest BCUT2D eigenvalue weighted by Crippen LogP contribution is 2.45. The third-order valence-corrected chi connectivity index (χ3v) is 19.8. The predicted octanol–water partition coefficient (Wildman–Crippen LogP) is 22.6. The second-order valence-corrected chi connectivity index (χ2v) is 32.1. The van der Waals surface area contributed by atoms with Gasteiger partial charge >= 0.3 is 39.5 Å². The Labute approximate surface area is 588 Å². The summed E-state index contributed by atoms with van der Waals surface area (Å²) >= 11 is 0. The van der Waals surface area contributed by atoms with Crippen molar-refractivity contribution >= 4 is 39.5 Å². The molecule has 0 aliphatic rings. The summed E-state index contributed by atoms with van der Waals surface area (Å²) in [7, 11) is -9.91. The molecule has 0 saturated heterocycles. The first-order valence-electron chi connectivity index (χ1n) is 39.8. The zero-order valence-corrected chi connectivity index (χ0v) is 64.6. The van der Waals surface area contributed by atoms with Crippen LogP contribution < -0.4 is 0 Å². The topological polar surface area (TPSA) is 237 Å². The molecule has 5 atom stereocenters. The summed E-state index contributed by atoms with van der Waals surface area (Å²) in [6.07, 6.45) is 54.1. The van der Waals surface area contributed by atoms with Crippen LogP contribution in [-0.2, 0) is 65.4 Å². The van der Waals surface area contributed by atoms with Gasteiger partial charge in [0.15, 0.2) is 12.2 Å². The van der Waals surface area contributed by atoms with Gasteiger partial charge in [0.2, 0.25) is 0 Å². The molecule has 2 unspecified atom stereocenters. The predicted molar refractivity (Wildman–Crippen MR) is 391 cm³/mol. The van der Waals surface area contributed by atoms with Gasteiger partial charge in [0.05, 0.1) is 26.4 Å². The Balaban J connectivity index is 5.21. The summed E-state index contributed by atoms with van der Waals surface area (Å²) in [5.74, 6) is 0.238. The highest BCUT2D eigenvalue weighted by molar-refractivity contribution is 7.47. The maximum absolute atomic E-state index is 13.1. The zero-order valence-electron chi connectivity index (χ0n) is 62.8. The van der Waals surface area contributed by atoms with Crippen molar-refractivity contribution in [2.75, 3.05) is 39.6 Å². The molecule has 0 rings (SSSR count).